The number of halogens is 4. The zero-order chi connectivity index (χ0) is 19.7. The molecule has 0 amide bonds. The molecule has 0 aliphatic heterocycles. The van der Waals surface area contributed by atoms with Gasteiger partial charge in [-0.1, -0.05) is 0 Å². The van der Waals surface area contributed by atoms with E-state index in [1.54, 1.807) is 0 Å². The molecular formula is C20H10F4N4. The summed E-state index contributed by atoms with van der Waals surface area (Å²) in [6, 6.07) is 9.52. The molecule has 4 nitrogen and oxygen atoms in total. The van der Waals surface area contributed by atoms with Gasteiger partial charge in [-0.25, -0.2) is 22.5 Å². The van der Waals surface area contributed by atoms with E-state index in [1.807, 2.05) is 0 Å². The van der Waals surface area contributed by atoms with E-state index in [0.717, 1.165) is 12.1 Å². The SMILES string of the molecule is Fc1ccc(-c2nncc(-c3ccc(F)c(-c4ncccc4F)c3)n2)c(F)c1. The summed E-state index contributed by atoms with van der Waals surface area (Å²) >= 11 is 0. The lowest BCUT2D eigenvalue weighted by Gasteiger charge is -2.08. The van der Waals surface area contributed by atoms with Gasteiger partial charge >= 0.3 is 0 Å². The maximum atomic E-state index is 14.2. The molecule has 28 heavy (non-hydrogen) atoms. The molecule has 2 heterocycles. The van der Waals surface area contributed by atoms with E-state index < -0.39 is 23.3 Å². The summed E-state index contributed by atoms with van der Waals surface area (Å²) in [4.78, 5) is 8.10. The Labute approximate surface area is 156 Å². The van der Waals surface area contributed by atoms with Crippen LogP contribution in [0, 0.1) is 23.3 Å². The monoisotopic (exact) mass is 382 g/mol. The number of benzene rings is 2. The molecule has 2 aromatic heterocycles. The Kier molecular flexibility index (Phi) is 4.52. The fourth-order valence-electron chi connectivity index (χ4n) is 2.68. The third-order valence-electron chi connectivity index (χ3n) is 4.01. The van der Waals surface area contributed by atoms with Crippen molar-refractivity contribution in [2.24, 2.45) is 0 Å². The molecule has 2 aromatic carbocycles. The van der Waals surface area contributed by atoms with Crippen molar-refractivity contribution in [1.82, 2.24) is 20.2 Å². The van der Waals surface area contributed by atoms with Crippen molar-refractivity contribution in [3.05, 3.63) is 84.2 Å². The van der Waals surface area contributed by atoms with E-state index in [0.29, 0.717) is 11.6 Å². The van der Waals surface area contributed by atoms with Gasteiger partial charge in [0.15, 0.2) is 5.82 Å². The van der Waals surface area contributed by atoms with Gasteiger partial charge in [-0.2, -0.15) is 5.10 Å². The highest BCUT2D eigenvalue weighted by molar-refractivity contribution is 5.71. The van der Waals surface area contributed by atoms with Crippen LogP contribution in [0.2, 0.25) is 0 Å². The largest absolute Gasteiger partial charge is 0.253 e. The highest BCUT2D eigenvalue weighted by Crippen LogP contribution is 2.29. The highest BCUT2D eigenvalue weighted by atomic mass is 19.1. The number of hydrogen-bond donors (Lipinski definition) is 0. The molecule has 0 bridgehead atoms. The van der Waals surface area contributed by atoms with Crippen molar-refractivity contribution < 1.29 is 17.6 Å². The summed E-state index contributed by atoms with van der Waals surface area (Å²) in [6.45, 7) is 0. The molecule has 8 heteroatoms. The van der Waals surface area contributed by atoms with Gasteiger partial charge < -0.3 is 0 Å². The number of hydrogen-bond acceptors (Lipinski definition) is 4. The van der Waals surface area contributed by atoms with Gasteiger partial charge in [0.25, 0.3) is 0 Å². The van der Waals surface area contributed by atoms with Gasteiger partial charge in [-0.05, 0) is 42.5 Å². The molecule has 0 saturated heterocycles. The van der Waals surface area contributed by atoms with Crippen LogP contribution in [-0.2, 0) is 0 Å². The Bertz CT molecular complexity index is 1180. The molecule has 138 valence electrons. The molecule has 0 radical (unpaired) electrons. The number of nitrogens with zero attached hydrogens (tertiary/aromatic N) is 4. The van der Waals surface area contributed by atoms with Crippen LogP contribution in [-0.4, -0.2) is 20.2 Å². The van der Waals surface area contributed by atoms with Crippen LogP contribution in [0.25, 0.3) is 33.9 Å². The average molecular weight is 382 g/mol. The van der Waals surface area contributed by atoms with Gasteiger partial charge in [0, 0.05) is 23.4 Å². The predicted molar refractivity (Wildman–Crippen MR) is 93.8 cm³/mol. The second-order valence-electron chi connectivity index (χ2n) is 5.82. The molecule has 0 aliphatic rings. The zero-order valence-corrected chi connectivity index (χ0v) is 14.1. The number of rotatable bonds is 3. The van der Waals surface area contributed by atoms with Crippen LogP contribution in [0.15, 0.2) is 60.9 Å². The molecule has 0 saturated carbocycles. The predicted octanol–water partition coefficient (Wildman–Crippen LogP) is 4.82. The maximum absolute atomic E-state index is 14.2. The number of aromatic nitrogens is 4. The minimum atomic E-state index is -0.839. The average Bonchev–Trinajstić information content (AvgIpc) is 2.69. The van der Waals surface area contributed by atoms with Gasteiger partial charge in [0.1, 0.15) is 29.0 Å². The quantitative estimate of drug-likeness (QED) is 0.477. The fourth-order valence-corrected chi connectivity index (χ4v) is 2.68. The van der Waals surface area contributed by atoms with Gasteiger partial charge in [-0.15, -0.1) is 5.10 Å². The third-order valence-corrected chi connectivity index (χ3v) is 4.01. The van der Waals surface area contributed by atoms with Crippen LogP contribution in [0.3, 0.4) is 0 Å². The standard InChI is InChI=1S/C20H10F4N4/c21-12-4-5-13(17(24)9-12)20-27-18(10-26-28-20)11-3-6-15(22)14(8-11)19-16(23)2-1-7-25-19/h1-10H. The number of pyridine rings is 1. The Morgan fingerprint density at radius 3 is 2.39 bits per heavy atom. The maximum Gasteiger partial charge on any atom is 0.185 e. The summed E-state index contributed by atoms with van der Waals surface area (Å²) in [5.41, 5.74) is 0.428. The Hall–Kier alpha value is -3.68. The minimum absolute atomic E-state index is 0.0335. The van der Waals surface area contributed by atoms with Crippen molar-refractivity contribution in [2.45, 2.75) is 0 Å². The van der Waals surface area contributed by atoms with Crippen LogP contribution in [0.5, 0.6) is 0 Å². The molecular weight excluding hydrogens is 372 g/mol. The normalized spacial score (nSPS) is 10.9. The molecule has 0 aliphatic carbocycles. The smallest absolute Gasteiger partial charge is 0.185 e. The van der Waals surface area contributed by atoms with Crippen molar-refractivity contribution in [1.29, 1.82) is 0 Å². The lowest BCUT2D eigenvalue weighted by atomic mass is 10.0. The molecule has 0 spiro atoms. The van der Waals surface area contributed by atoms with E-state index in [4.69, 9.17) is 0 Å². The Morgan fingerprint density at radius 1 is 0.750 bits per heavy atom. The summed E-state index contributed by atoms with van der Waals surface area (Å²) in [7, 11) is 0. The lowest BCUT2D eigenvalue weighted by molar-refractivity contribution is 0.584. The summed E-state index contributed by atoms with van der Waals surface area (Å²) in [5.74, 6) is -2.97. The molecule has 0 atom stereocenters. The summed E-state index contributed by atoms with van der Waals surface area (Å²) in [6.07, 6.45) is 2.66. The van der Waals surface area contributed by atoms with Gasteiger partial charge in [-0.3, -0.25) is 4.98 Å². The van der Waals surface area contributed by atoms with E-state index >= 15 is 0 Å². The van der Waals surface area contributed by atoms with Crippen molar-refractivity contribution in [3.63, 3.8) is 0 Å². The van der Waals surface area contributed by atoms with Gasteiger partial charge in [0.05, 0.1) is 17.5 Å². The first kappa shape index (κ1) is 17.7. The van der Waals surface area contributed by atoms with Crippen molar-refractivity contribution >= 4 is 0 Å². The third kappa shape index (κ3) is 3.32. The van der Waals surface area contributed by atoms with E-state index in [1.165, 1.54) is 42.7 Å². The molecule has 0 unspecified atom stereocenters. The molecule has 4 aromatic rings. The second-order valence-corrected chi connectivity index (χ2v) is 5.82. The summed E-state index contributed by atoms with van der Waals surface area (Å²) in [5, 5.41) is 7.55. The summed E-state index contributed by atoms with van der Waals surface area (Å²) < 4.78 is 55.4. The van der Waals surface area contributed by atoms with E-state index in [9.17, 15) is 17.6 Å². The van der Waals surface area contributed by atoms with Crippen LogP contribution in [0.4, 0.5) is 17.6 Å². The van der Waals surface area contributed by atoms with Crippen LogP contribution >= 0.6 is 0 Å². The Morgan fingerprint density at radius 2 is 1.61 bits per heavy atom. The first-order chi connectivity index (χ1) is 13.5. The minimum Gasteiger partial charge on any atom is -0.253 e. The second kappa shape index (κ2) is 7.15. The fraction of sp³-hybridized carbons (Fsp3) is 0. The van der Waals surface area contributed by atoms with Crippen molar-refractivity contribution in [3.8, 4) is 33.9 Å². The van der Waals surface area contributed by atoms with E-state index in [-0.39, 0.29) is 28.3 Å². The molecule has 4 rings (SSSR count). The highest BCUT2D eigenvalue weighted by Gasteiger charge is 2.15. The molecule has 0 fully saturated rings. The Balaban J connectivity index is 1.80. The first-order valence-corrected chi connectivity index (χ1v) is 8.09. The zero-order valence-electron chi connectivity index (χ0n) is 14.1. The van der Waals surface area contributed by atoms with E-state index in [2.05, 4.69) is 20.2 Å². The van der Waals surface area contributed by atoms with Crippen LogP contribution in [0.1, 0.15) is 0 Å². The van der Waals surface area contributed by atoms with Crippen molar-refractivity contribution in [2.75, 3.05) is 0 Å². The first-order valence-electron chi connectivity index (χ1n) is 8.09. The molecule has 0 N–H and O–H groups in total. The topological polar surface area (TPSA) is 51.6 Å². The van der Waals surface area contributed by atoms with Gasteiger partial charge in [0.2, 0.25) is 0 Å². The van der Waals surface area contributed by atoms with Crippen LogP contribution < -0.4 is 0 Å². The lowest BCUT2D eigenvalue weighted by Crippen LogP contribution is -1.98.